The Morgan fingerprint density at radius 1 is 1.08 bits per heavy atom. The predicted molar refractivity (Wildman–Crippen MR) is 136 cm³/mol. The molecule has 0 spiro atoms. The lowest BCUT2D eigenvalue weighted by atomic mass is 10.1. The van der Waals surface area contributed by atoms with Crippen LogP contribution >= 0.6 is 8.30 Å². The number of benzene rings is 2. The van der Waals surface area contributed by atoms with Crippen LogP contribution in [0.1, 0.15) is 25.0 Å². The van der Waals surface area contributed by atoms with Crippen molar-refractivity contribution >= 4 is 25.1 Å². The first kappa shape index (κ1) is 26.5. The Morgan fingerprint density at radius 3 is 2.31 bits per heavy atom. The Bertz CT molecular complexity index is 1070. The van der Waals surface area contributed by atoms with Crippen LogP contribution in [-0.2, 0) is 17.4 Å². The minimum Gasteiger partial charge on any atom is -0.406 e. The van der Waals surface area contributed by atoms with Gasteiger partial charge in [0.2, 0.25) is 0 Å². The van der Waals surface area contributed by atoms with Gasteiger partial charge >= 0.3 is 6.36 Å². The summed E-state index contributed by atoms with van der Waals surface area (Å²) in [6, 6.07) is 12.7. The van der Waals surface area contributed by atoms with Crippen molar-refractivity contribution in [3.8, 4) is 5.75 Å². The van der Waals surface area contributed by atoms with Crippen LogP contribution in [0, 0.1) is 5.92 Å². The maximum Gasteiger partial charge on any atom is 0.573 e. The minimum absolute atomic E-state index is 0.0980. The Morgan fingerprint density at radius 2 is 1.75 bits per heavy atom. The molecule has 4 unspecified atom stereocenters. The number of nitrogens with zero attached hydrogens (tertiary/aromatic N) is 3. The van der Waals surface area contributed by atoms with E-state index in [1.165, 1.54) is 28.6 Å². The molecule has 0 aromatic heterocycles. The third-order valence-electron chi connectivity index (χ3n) is 6.74. The van der Waals surface area contributed by atoms with Gasteiger partial charge in [0, 0.05) is 49.2 Å². The SMILES string of the molecule is COP(c1cccc2c1CC(/C(=N/N)NN)C2)N1C(C)CN(c2ccc(OC(F)(F)F)cc2)CC1C. The van der Waals surface area contributed by atoms with E-state index in [-0.39, 0.29) is 23.8 Å². The van der Waals surface area contributed by atoms with E-state index in [1.54, 1.807) is 19.2 Å². The van der Waals surface area contributed by atoms with Gasteiger partial charge in [-0.05, 0) is 62.1 Å². The van der Waals surface area contributed by atoms with E-state index >= 15 is 0 Å². The molecule has 1 heterocycles. The highest BCUT2D eigenvalue weighted by Gasteiger charge is 2.39. The minimum atomic E-state index is -4.70. The van der Waals surface area contributed by atoms with Gasteiger partial charge in [0.15, 0.2) is 0 Å². The first-order valence-electron chi connectivity index (χ1n) is 11.7. The number of anilines is 1. The van der Waals surface area contributed by atoms with Gasteiger partial charge in [0.25, 0.3) is 0 Å². The monoisotopic (exact) mass is 524 g/mol. The third-order valence-corrected chi connectivity index (χ3v) is 9.12. The van der Waals surface area contributed by atoms with Crippen molar-refractivity contribution in [2.75, 3.05) is 25.1 Å². The van der Waals surface area contributed by atoms with E-state index in [0.29, 0.717) is 18.9 Å². The van der Waals surface area contributed by atoms with E-state index < -0.39 is 14.7 Å². The van der Waals surface area contributed by atoms with Crippen LogP contribution in [0.25, 0.3) is 0 Å². The molecule has 1 aliphatic heterocycles. The maximum atomic E-state index is 12.5. The molecule has 0 bridgehead atoms. The molecule has 0 radical (unpaired) electrons. The van der Waals surface area contributed by atoms with Crippen molar-refractivity contribution in [3.63, 3.8) is 0 Å². The van der Waals surface area contributed by atoms with Gasteiger partial charge in [-0.2, -0.15) is 5.10 Å². The molecular formula is C24H32F3N6O2P. The highest BCUT2D eigenvalue weighted by Crippen LogP contribution is 2.47. The fourth-order valence-electron chi connectivity index (χ4n) is 5.32. The third kappa shape index (κ3) is 5.54. The van der Waals surface area contributed by atoms with Crippen molar-refractivity contribution in [2.45, 2.75) is 45.1 Å². The second-order valence-electron chi connectivity index (χ2n) is 9.16. The molecule has 2 aliphatic rings. The highest BCUT2D eigenvalue weighted by molar-refractivity contribution is 7.58. The Kier molecular flexibility index (Phi) is 7.94. The second kappa shape index (κ2) is 10.8. The number of ether oxygens (including phenoxy) is 1. The lowest BCUT2D eigenvalue weighted by Crippen LogP contribution is -2.55. The molecule has 1 aliphatic carbocycles. The summed E-state index contributed by atoms with van der Waals surface area (Å²) in [6.45, 7) is 5.73. The summed E-state index contributed by atoms with van der Waals surface area (Å²) in [5, 5.41) is 5.00. The Balaban J connectivity index is 1.52. The topological polar surface area (TPSA) is 101 Å². The maximum absolute atomic E-state index is 12.5. The van der Waals surface area contributed by atoms with Crippen LogP contribution in [0.2, 0.25) is 0 Å². The number of nitrogens with two attached hydrogens (primary N) is 2. The van der Waals surface area contributed by atoms with Crippen LogP contribution in [0.5, 0.6) is 5.75 Å². The number of alkyl halides is 3. The fraction of sp³-hybridized carbons (Fsp3) is 0.458. The predicted octanol–water partition coefficient (Wildman–Crippen LogP) is 3.22. The van der Waals surface area contributed by atoms with Crippen LogP contribution in [-0.4, -0.2) is 49.2 Å². The first-order chi connectivity index (χ1) is 17.1. The standard InChI is InChI=1S/C24H32F3N6O2P/c1-15-13-32(19-7-9-20(10-8-19)35-24(25,26)27)14-16(2)33(15)36(34-3)22-6-4-5-17-11-18(12-21(17)22)23(30-28)31-29/h4-10,15-16,18H,11-14,28-29H2,1-3H3,(H,30,31). The number of amidine groups is 1. The van der Waals surface area contributed by atoms with Gasteiger partial charge in [-0.15, -0.1) is 13.2 Å². The molecule has 8 nitrogen and oxygen atoms in total. The van der Waals surface area contributed by atoms with E-state index in [1.807, 2.05) is 0 Å². The van der Waals surface area contributed by atoms with Crippen LogP contribution in [0.3, 0.4) is 0 Å². The summed E-state index contributed by atoms with van der Waals surface area (Å²) >= 11 is 0. The normalized spacial score (nSPS) is 23.9. The van der Waals surface area contributed by atoms with E-state index in [4.69, 9.17) is 16.2 Å². The molecule has 36 heavy (non-hydrogen) atoms. The van der Waals surface area contributed by atoms with Gasteiger partial charge < -0.3 is 25.4 Å². The summed E-state index contributed by atoms with van der Waals surface area (Å²) < 4.78 is 50.1. The molecule has 196 valence electrons. The zero-order chi connectivity index (χ0) is 26.0. The van der Waals surface area contributed by atoms with Crippen LogP contribution in [0.4, 0.5) is 18.9 Å². The van der Waals surface area contributed by atoms with Crippen LogP contribution in [0.15, 0.2) is 47.6 Å². The van der Waals surface area contributed by atoms with Gasteiger partial charge in [-0.1, -0.05) is 18.2 Å². The molecule has 1 saturated heterocycles. The smallest absolute Gasteiger partial charge is 0.406 e. The number of nitrogens with one attached hydrogen (secondary N) is 1. The van der Waals surface area contributed by atoms with Crippen molar-refractivity contribution in [3.05, 3.63) is 53.6 Å². The summed E-state index contributed by atoms with van der Waals surface area (Å²) in [6.07, 6.45) is -3.11. The number of hydrazone groups is 1. The number of fused-ring (bicyclic) bond motifs is 1. The lowest BCUT2D eigenvalue weighted by molar-refractivity contribution is -0.274. The summed E-state index contributed by atoms with van der Waals surface area (Å²) in [4.78, 5) is 2.19. The Hall–Kier alpha value is -2.59. The largest absolute Gasteiger partial charge is 0.573 e. The second-order valence-corrected chi connectivity index (χ2v) is 11.0. The van der Waals surface area contributed by atoms with Crippen LogP contribution < -0.4 is 32.1 Å². The number of hydrazine groups is 1. The average Bonchev–Trinajstić information content (AvgIpc) is 3.26. The zero-order valence-corrected chi connectivity index (χ0v) is 21.4. The lowest BCUT2D eigenvalue weighted by Gasteiger charge is -2.48. The van der Waals surface area contributed by atoms with Crippen molar-refractivity contribution in [2.24, 2.45) is 22.7 Å². The first-order valence-corrected chi connectivity index (χ1v) is 12.9. The molecule has 0 amide bonds. The molecule has 0 saturated carbocycles. The average molecular weight is 525 g/mol. The van der Waals surface area contributed by atoms with Gasteiger partial charge in [-0.3, -0.25) is 0 Å². The molecule has 2 aromatic rings. The Labute approximate surface area is 210 Å². The van der Waals surface area contributed by atoms with E-state index in [9.17, 15) is 13.2 Å². The van der Waals surface area contributed by atoms with Gasteiger partial charge in [-0.25, -0.2) is 10.5 Å². The highest BCUT2D eigenvalue weighted by atomic mass is 31.2. The molecule has 2 aromatic carbocycles. The zero-order valence-electron chi connectivity index (χ0n) is 20.5. The van der Waals surface area contributed by atoms with Gasteiger partial charge in [0.1, 0.15) is 19.9 Å². The van der Waals surface area contributed by atoms with Crippen molar-refractivity contribution in [1.29, 1.82) is 0 Å². The summed E-state index contributed by atoms with van der Waals surface area (Å²) in [7, 11) is 0.677. The number of hydrogen-bond acceptors (Lipinski definition) is 7. The van der Waals surface area contributed by atoms with Crippen molar-refractivity contribution in [1.82, 2.24) is 10.1 Å². The molecule has 12 heteroatoms. The van der Waals surface area contributed by atoms with E-state index in [2.05, 4.69) is 56.9 Å². The summed E-state index contributed by atoms with van der Waals surface area (Å²) in [5.41, 5.74) is 5.99. The number of halogens is 3. The van der Waals surface area contributed by atoms with Crippen molar-refractivity contribution < 1.29 is 22.4 Å². The van der Waals surface area contributed by atoms with E-state index in [0.717, 1.165) is 18.5 Å². The summed E-state index contributed by atoms with van der Waals surface area (Å²) in [5.74, 6) is 11.6. The molecule has 5 N–H and O–H groups in total. The number of hydrogen-bond donors (Lipinski definition) is 3. The fourth-order valence-corrected chi connectivity index (χ4v) is 7.50. The number of rotatable bonds is 6. The number of piperazine rings is 1. The molecule has 1 fully saturated rings. The molecular weight excluding hydrogens is 492 g/mol. The quantitative estimate of drug-likeness (QED) is 0.175. The molecule has 4 atom stereocenters. The van der Waals surface area contributed by atoms with Gasteiger partial charge in [0.05, 0.1) is 0 Å². The molecule has 4 rings (SSSR count).